The lowest BCUT2D eigenvalue weighted by atomic mass is 9.97. The number of hydrogen-bond acceptors (Lipinski definition) is 6. The number of piperidine rings is 1. The molecule has 3 N–H and O–H groups in total. The second-order valence-corrected chi connectivity index (χ2v) is 6.15. The van der Waals surface area contributed by atoms with Crippen LogP contribution in [-0.4, -0.2) is 42.2 Å². The molecule has 96 valence electrons. The van der Waals surface area contributed by atoms with E-state index in [4.69, 9.17) is 5.73 Å². The normalized spacial score (nSPS) is 18.5. The summed E-state index contributed by atoms with van der Waals surface area (Å²) in [6.07, 6.45) is 4.61. The van der Waals surface area contributed by atoms with Crippen LogP contribution in [0.4, 0.5) is 10.8 Å². The van der Waals surface area contributed by atoms with Crippen LogP contribution in [0.1, 0.15) is 12.8 Å². The first-order valence-corrected chi connectivity index (χ1v) is 7.92. The molecule has 0 unspecified atom stereocenters. The average Bonchev–Trinajstić information content (AvgIpc) is 2.69. The Bertz CT molecular complexity index is 358. The van der Waals surface area contributed by atoms with Gasteiger partial charge in [-0.3, -0.25) is 0 Å². The minimum absolute atomic E-state index is 0.661. The van der Waals surface area contributed by atoms with Crippen LogP contribution >= 0.6 is 23.3 Å². The second kappa shape index (κ2) is 5.93. The van der Waals surface area contributed by atoms with Gasteiger partial charge in [0, 0.05) is 6.54 Å². The molecule has 0 saturated carbocycles. The number of thioether (sulfide) groups is 1. The Morgan fingerprint density at radius 1 is 1.53 bits per heavy atom. The third-order valence-electron chi connectivity index (χ3n) is 3.27. The summed E-state index contributed by atoms with van der Waals surface area (Å²) in [7, 11) is 2.19. The van der Waals surface area contributed by atoms with E-state index < -0.39 is 0 Å². The van der Waals surface area contributed by atoms with Gasteiger partial charge in [0.15, 0.2) is 5.82 Å². The summed E-state index contributed by atoms with van der Waals surface area (Å²) in [6, 6.07) is 0. The van der Waals surface area contributed by atoms with Gasteiger partial charge in [-0.05, 0) is 56.7 Å². The van der Waals surface area contributed by atoms with Crippen LogP contribution in [-0.2, 0) is 0 Å². The van der Waals surface area contributed by atoms with Gasteiger partial charge in [-0.25, -0.2) is 0 Å². The molecule has 1 aliphatic heterocycles. The van der Waals surface area contributed by atoms with Gasteiger partial charge in [-0.1, -0.05) is 0 Å². The standard InChI is InChI=1S/C11H20N4S2/c1-15-5-3-8(4-6-15)7-13-11-9(16-2)10(12)14-17-11/h8,13H,3-7H2,1-2H3,(H2,12,14). The van der Waals surface area contributed by atoms with Crippen LogP contribution in [0.5, 0.6) is 0 Å². The van der Waals surface area contributed by atoms with Crippen molar-refractivity contribution in [1.82, 2.24) is 9.27 Å². The van der Waals surface area contributed by atoms with Gasteiger partial charge in [0.05, 0.1) is 4.90 Å². The quantitative estimate of drug-likeness (QED) is 0.823. The summed E-state index contributed by atoms with van der Waals surface area (Å²) in [5, 5.41) is 4.64. The topological polar surface area (TPSA) is 54.2 Å². The van der Waals surface area contributed by atoms with Crippen LogP contribution in [0.2, 0.25) is 0 Å². The summed E-state index contributed by atoms with van der Waals surface area (Å²) in [5.74, 6) is 1.44. The van der Waals surface area contributed by atoms with Crippen LogP contribution in [0.3, 0.4) is 0 Å². The van der Waals surface area contributed by atoms with E-state index in [1.807, 2.05) is 6.26 Å². The highest BCUT2D eigenvalue weighted by Crippen LogP contribution is 2.34. The predicted molar refractivity (Wildman–Crippen MR) is 77.0 cm³/mol. The number of nitrogens with one attached hydrogen (secondary N) is 1. The Kier molecular flexibility index (Phi) is 4.53. The zero-order chi connectivity index (χ0) is 12.3. The van der Waals surface area contributed by atoms with E-state index in [1.165, 1.54) is 37.5 Å². The molecule has 0 amide bonds. The van der Waals surface area contributed by atoms with Crippen molar-refractivity contribution < 1.29 is 0 Å². The molecule has 17 heavy (non-hydrogen) atoms. The molecule has 1 fully saturated rings. The third kappa shape index (κ3) is 3.26. The van der Waals surface area contributed by atoms with Gasteiger partial charge in [-0.2, -0.15) is 4.37 Å². The first-order valence-electron chi connectivity index (χ1n) is 5.92. The first-order chi connectivity index (χ1) is 8.20. The van der Waals surface area contributed by atoms with Crippen LogP contribution in [0.25, 0.3) is 0 Å². The van der Waals surface area contributed by atoms with Gasteiger partial charge in [0.1, 0.15) is 5.00 Å². The second-order valence-electron chi connectivity index (χ2n) is 4.56. The summed E-state index contributed by atoms with van der Waals surface area (Å²) in [6.45, 7) is 3.47. The molecule has 0 radical (unpaired) electrons. The van der Waals surface area contributed by atoms with Crippen molar-refractivity contribution in [3.63, 3.8) is 0 Å². The van der Waals surface area contributed by atoms with Gasteiger partial charge in [-0.15, -0.1) is 11.8 Å². The SMILES string of the molecule is CSc1c(N)nsc1NCC1CCN(C)CC1. The van der Waals surface area contributed by atoms with Crippen LogP contribution < -0.4 is 11.1 Å². The molecule has 6 heteroatoms. The van der Waals surface area contributed by atoms with Crippen molar-refractivity contribution in [2.24, 2.45) is 5.92 Å². The highest BCUT2D eigenvalue weighted by atomic mass is 32.2. The number of nitrogens with two attached hydrogens (primary N) is 1. The molecule has 0 aromatic carbocycles. The molecule has 0 atom stereocenters. The van der Waals surface area contributed by atoms with Gasteiger partial charge in [0.2, 0.25) is 0 Å². The first kappa shape index (κ1) is 13.0. The third-order valence-corrected chi connectivity index (χ3v) is 5.04. The lowest BCUT2D eigenvalue weighted by Crippen LogP contribution is -2.32. The van der Waals surface area contributed by atoms with E-state index >= 15 is 0 Å². The average molecular weight is 272 g/mol. The number of hydrogen-bond donors (Lipinski definition) is 2. The van der Waals surface area contributed by atoms with E-state index in [0.29, 0.717) is 5.82 Å². The molecule has 2 heterocycles. The zero-order valence-corrected chi connectivity index (χ0v) is 12.0. The molecule has 2 rings (SSSR count). The lowest BCUT2D eigenvalue weighted by molar-refractivity contribution is 0.226. The number of likely N-dealkylation sites (tertiary alicyclic amines) is 1. The maximum absolute atomic E-state index is 5.81. The van der Waals surface area contributed by atoms with E-state index in [2.05, 4.69) is 21.6 Å². The Labute approximate surface area is 111 Å². The Hall–Kier alpha value is -0.460. The minimum Gasteiger partial charge on any atom is -0.382 e. The molecule has 1 aliphatic rings. The molecular weight excluding hydrogens is 252 g/mol. The molecule has 0 bridgehead atoms. The van der Waals surface area contributed by atoms with E-state index in [1.54, 1.807) is 11.8 Å². The van der Waals surface area contributed by atoms with Crippen molar-refractivity contribution in [2.75, 3.05) is 44.0 Å². The van der Waals surface area contributed by atoms with Crippen LogP contribution in [0, 0.1) is 5.92 Å². The number of nitrogen functional groups attached to an aromatic ring is 1. The highest BCUT2D eigenvalue weighted by molar-refractivity contribution is 7.99. The molecule has 0 spiro atoms. The van der Waals surface area contributed by atoms with Gasteiger partial charge in [0.25, 0.3) is 0 Å². The molecule has 1 aromatic heterocycles. The zero-order valence-electron chi connectivity index (χ0n) is 10.4. The maximum Gasteiger partial charge on any atom is 0.153 e. The Balaban J connectivity index is 1.85. The van der Waals surface area contributed by atoms with Gasteiger partial charge < -0.3 is 16.0 Å². The number of anilines is 2. The Morgan fingerprint density at radius 2 is 2.24 bits per heavy atom. The van der Waals surface area contributed by atoms with E-state index in [9.17, 15) is 0 Å². The predicted octanol–water partition coefficient (Wildman–Crippen LogP) is 2.20. The summed E-state index contributed by atoms with van der Waals surface area (Å²) in [5.41, 5.74) is 5.81. The molecule has 0 aliphatic carbocycles. The van der Waals surface area contributed by atoms with Gasteiger partial charge >= 0.3 is 0 Å². The largest absolute Gasteiger partial charge is 0.382 e. The summed E-state index contributed by atoms with van der Waals surface area (Å²) in [4.78, 5) is 3.50. The van der Waals surface area contributed by atoms with Crippen molar-refractivity contribution in [2.45, 2.75) is 17.7 Å². The number of nitrogens with zero attached hydrogens (tertiary/aromatic N) is 2. The fourth-order valence-corrected chi connectivity index (χ4v) is 3.66. The number of aromatic nitrogens is 1. The lowest BCUT2D eigenvalue weighted by Gasteiger charge is -2.29. The molecule has 1 saturated heterocycles. The van der Waals surface area contributed by atoms with Crippen LogP contribution in [0.15, 0.2) is 4.90 Å². The van der Waals surface area contributed by atoms with Crippen molar-refractivity contribution >= 4 is 34.1 Å². The monoisotopic (exact) mass is 272 g/mol. The molecular formula is C11H20N4S2. The Morgan fingerprint density at radius 3 is 2.88 bits per heavy atom. The fourth-order valence-electron chi connectivity index (χ4n) is 2.11. The smallest absolute Gasteiger partial charge is 0.153 e. The summed E-state index contributed by atoms with van der Waals surface area (Å²) < 4.78 is 4.19. The molecule has 4 nitrogen and oxygen atoms in total. The molecule has 1 aromatic rings. The highest BCUT2D eigenvalue weighted by Gasteiger charge is 2.17. The fraction of sp³-hybridized carbons (Fsp3) is 0.727. The minimum atomic E-state index is 0.661. The maximum atomic E-state index is 5.81. The number of rotatable bonds is 4. The summed E-state index contributed by atoms with van der Waals surface area (Å²) >= 11 is 3.14. The van der Waals surface area contributed by atoms with Crippen molar-refractivity contribution in [3.05, 3.63) is 0 Å². The van der Waals surface area contributed by atoms with Crippen molar-refractivity contribution in [1.29, 1.82) is 0 Å². The van der Waals surface area contributed by atoms with E-state index in [0.717, 1.165) is 22.4 Å². The van der Waals surface area contributed by atoms with E-state index in [-0.39, 0.29) is 0 Å². The van der Waals surface area contributed by atoms with Crippen molar-refractivity contribution in [3.8, 4) is 0 Å².